The van der Waals surface area contributed by atoms with Crippen molar-refractivity contribution in [1.29, 1.82) is 0 Å². The Labute approximate surface area is 190 Å². The number of likely N-dealkylation sites (tertiary alicyclic amines) is 2. The number of hydrogen-bond acceptors (Lipinski definition) is 5. The van der Waals surface area contributed by atoms with Crippen molar-refractivity contribution in [2.24, 2.45) is 10.9 Å². The van der Waals surface area contributed by atoms with Gasteiger partial charge in [0.25, 0.3) is 0 Å². The molecule has 1 unspecified atom stereocenters. The van der Waals surface area contributed by atoms with Crippen LogP contribution in [0.3, 0.4) is 0 Å². The number of likely N-dealkylation sites (N-methyl/N-ethyl adjacent to an activating group) is 1. The monoisotopic (exact) mass is 518 g/mol. The third-order valence-electron chi connectivity index (χ3n) is 5.89. The molecule has 1 amide bonds. The van der Waals surface area contributed by atoms with Crippen LogP contribution < -0.4 is 10.6 Å². The van der Waals surface area contributed by atoms with E-state index in [0.717, 1.165) is 75.3 Å². The van der Waals surface area contributed by atoms with Gasteiger partial charge in [-0.25, -0.2) is 4.98 Å². The van der Waals surface area contributed by atoms with Gasteiger partial charge in [-0.2, -0.15) is 0 Å². The van der Waals surface area contributed by atoms with Crippen LogP contribution >= 0.6 is 24.0 Å². The smallest absolute Gasteiger partial charge is 0.222 e. The van der Waals surface area contributed by atoms with E-state index in [2.05, 4.69) is 25.5 Å². The summed E-state index contributed by atoms with van der Waals surface area (Å²) in [6.45, 7) is 8.54. The van der Waals surface area contributed by atoms with Crippen molar-refractivity contribution in [3.05, 3.63) is 17.3 Å². The minimum atomic E-state index is 0. The minimum Gasteiger partial charge on any atom is -0.444 e. The minimum absolute atomic E-state index is 0. The van der Waals surface area contributed by atoms with Crippen LogP contribution in [0.25, 0.3) is 0 Å². The number of carbonyl (C=O) groups is 1. The lowest BCUT2D eigenvalue weighted by molar-refractivity contribution is -0.132. The molecule has 2 fully saturated rings. The lowest BCUT2D eigenvalue weighted by atomic mass is 9.97. The number of aryl methyl sites for hydroxylation is 2. The summed E-state index contributed by atoms with van der Waals surface area (Å²) in [5.41, 5.74) is 0.987. The van der Waals surface area contributed by atoms with Gasteiger partial charge in [0, 0.05) is 39.6 Å². The zero-order chi connectivity index (χ0) is 20.1. The number of halogens is 1. The molecule has 2 N–H and O–H groups in total. The van der Waals surface area contributed by atoms with Crippen molar-refractivity contribution in [2.45, 2.75) is 52.1 Å². The highest BCUT2D eigenvalue weighted by molar-refractivity contribution is 14.0. The van der Waals surface area contributed by atoms with E-state index in [1.54, 1.807) is 11.9 Å². The Bertz CT molecular complexity index is 680. The van der Waals surface area contributed by atoms with Crippen LogP contribution in [0.2, 0.25) is 0 Å². The van der Waals surface area contributed by atoms with Crippen LogP contribution in [-0.4, -0.2) is 73.0 Å². The van der Waals surface area contributed by atoms with Crippen molar-refractivity contribution >= 4 is 35.8 Å². The standard InChI is InChI=1S/C20H34N6O2.HI/c1-14-15(2)28-18(23-14)13-26-9-7-16(8-10-26)11-22-20(21-3)24-17-5-6-19(27)25(4)12-17;/h16-17H,5-13H2,1-4H3,(H2,21,22,24);1H. The number of nitrogens with zero attached hydrogens (tertiary/aromatic N) is 4. The van der Waals surface area contributed by atoms with Crippen LogP contribution in [0.15, 0.2) is 9.41 Å². The van der Waals surface area contributed by atoms with Crippen molar-refractivity contribution < 1.29 is 9.21 Å². The molecule has 0 saturated carbocycles. The Hall–Kier alpha value is -1.36. The van der Waals surface area contributed by atoms with Crippen LogP contribution in [0.1, 0.15) is 43.0 Å². The normalized spacial score (nSPS) is 21.8. The molecule has 0 aromatic carbocycles. The summed E-state index contributed by atoms with van der Waals surface area (Å²) in [4.78, 5) is 24.7. The topological polar surface area (TPSA) is 86.0 Å². The van der Waals surface area contributed by atoms with Gasteiger partial charge >= 0.3 is 0 Å². The number of amides is 1. The molecule has 8 nitrogen and oxygen atoms in total. The highest BCUT2D eigenvalue weighted by Gasteiger charge is 2.24. The zero-order valence-corrected chi connectivity index (χ0v) is 20.4. The largest absolute Gasteiger partial charge is 0.444 e. The molecule has 0 bridgehead atoms. The van der Waals surface area contributed by atoms with Gasteiger partial charge < -0.3 is 20.0 Å². The lowest BCUT2D eigenvalue weighted by Gasteiger charge is -2.33. The first-order valence-electron chi connectivity index (χ1n) is 10.3. The van der Waals surface area contributed by atoms with Gasteiger partial charge in [-0.05, 0) is 52.1 Å². The Kier molecular flexibility index (Phi) is 9.19. The van der Waals surface area contributed by atoms with Gasteiger partial charge in [0.2, 0.25) is 11.8 Å². The van der Waals surface area contributed by atoms with Crippen molar-refractivity contribution in [3.8, 4) is 0 Å². The summed E-state index contributed by atoms with van der Waals surface area (Å²) in [7, 11) is 3.66. The van der Waals surface area contributed by atoms with Crippen LogP contribution in [-0.2, 0) is 11.3 Å². The zero-order valence-electron chi connectivity index (χ0n) is 18.0. The molecule has 2 aliphatic rings. The van der Waals surface area contributed by atoms with E-state index in [0.29, 0.717) is 12.3 Å². The predicted octanol–water partition coefficient (Wildman–Crippen LogP) is 1.91. The molecule has 2 saturated heterocycles. The Morgan fingerprint density at radius 1 is 1.28 bits per heavy atom. The summed E-state index contributed by atoms with van der Waals surface area (Å²) in [6.07, 6.45) is 3.78. The first-order valence-corrected chi connectivity index (χ1v) is 10.3. The van der Waals surface area contributed by atoms with Crippen LogP contribution in [0.5, 0.6) is 0 Å². The number of carbonyl (C=O) groups excluding carboxylic acids is 1. The summed E-state index contributed by atoms with van der Waals surface area (Å²) >= 11 is 0. The molecule has 164 valence electrons. The number of oxazole rings is 1. The third kappa shape index (κ3) is 6.84. The van der Waals surface area contributed by atoms with E-state index in [1.807, 2.05) is 20.9 Å². The molecule has 9 heteroatoms. The molecule has 0 spiro atoms. The molecule has 1 aromatic rings. The fourth-order valence-electron chi connectivity index (χ4n) is 3.91. The fourth-order valence-corrected chi connectivity index (χ4v) is 3.91. The summed E-state index contributed by atoms with van der Waals surface area (Å²) in [6, 6.07) is 0.267. The summed E-state index contributed by atoms with van der Waals surface area (Å²) in [5.74, 6) is 3.44. The average Bonchev–Trinajstić information content (AvgIpc) is 3.00. The van der Waals surface area contributed by atoms with E-state index >= 15 is 0 Å². The van der Waals surface area contributed by atoms with Gasteiger partial charge in [-0.3, -0.25) is 14.7 Å². The van der Waals surface area contributed by atoms with Gasteiger partial charge in [0.05, 0.1) is 12.2 Å². The van der Waals surface area contributed by atoms with Crippen molar-refractivity contribution in [3.63, 3.8) is 0 Å². The Morgan fingerprint density at radius 2 is 2.00 bits per heavy atom. The highest BCUT2D eigenvalue weighted by atomic mass is 127. The van der Waals surface area contributed by atoms with E-state index in [-0.39, 0.29) is 35.9 Å². The Morgan fingerprint density at radius 3 is 2.59 bits per heavy atom. The summed E-state index contributed by atoms with van der Waals surface area (Å²) < 4.78 is 5.71. The molecule has 29 heavy (non-hydrogen) atoms. The Balaban J connectivity index is 0.00000300. The number of aromatic nitrogens is 1. The van der Waals surface area contributed by atoms with E-state index in [9.17, 15) is 4.79 Å². The molecule has 2 aliphatic heterocycles. The van der Waals surface area contributed by atoms with E-state index in [1.165, 1.54) is 0 Å². The molecule has 3 rings (SSSR count). The number of rotatable bonds is 5. The maximum absolute atomic E-state index is 11.6. The van der Waals surface area contributed by atoms with Gasteiger partial charge in [-0.15, -0.1) is 24.0 Å². The first kappa shape index (κ1) is 23.9. The first-order chi connectivity index (χ1) is 13.4. The van der Waals surface area contributed by atoms with Gasteiger partial charge in [0.1, 0.15) is 5.76 Å². The summed E-state index contributed by atoms with van der Waals surface area (Å²) in [5, 5.41) is 6.93. The number of guanidine groups is 1. The number of nitrogens with one attached hydrogen (secondary N) is 2. The maximum atomic E-state index is 11.6. The molecule has 0 radical (unpaired) electrons. The second-order valence-electron chi connectivity index (χ2n) is 8.08. The van der Waals surface area contributed by atoms with Gasteiger partial charge in [0.15, 0.2) is 5.96 Å². The number of hydrogen-bond donors (Lipinski definition) is 2. The predicted molar refractivity (Wildman–Crippen MR) is 125 cm³/mol. The van der Waals surface area contributed by atoms with Crippen LogP contribution in [0.4, 0.5) is 0 Å². The fraction of sp³-hybridized carbons (Fsp3) is 0.750. The molecular weight excluding hydrogens is 483 g/mol. The van der Waals surface area contributed by atoms with Crippen molar-refractivity contribution in [2.75, 3.05) is 40.3 Å². The molecule has 0 aliphatic carbocycles. The maximum Gasteiger partial charge on any atom is 0.222 e. The lowest BCUT2D eigenvalue weighted by Crippen LogP contribution is -2.52. The SMILES string of the molecule is CN=C(NCC1CCN(Cc2nc(C)c(C)o2)CC1)NC1CCC(=O)N(C)C1.I. The number of aliphatic imine (C=N–C) groups is 1. The molecule has 3 heterocycles. The second kappa shape index (κ2) is 11.1. The molecular formula is C20H35IN6O2. The van der Waals surface area contributed by atoms with Crippen LogP contribution in [0, 0.1) is 19.8 Å². The van der Waals surface area contributed by atoms with Crippen molar-refractivity contribution in [1.82, 2.24) is 25.4 Å². The number of piperidine rings is 2. The average molecular weight is 518 g/mol. The highest BCUT2D eigenvalue weighted by Crippen LogP contribution is 2.19. The molecule has 1 atom stereocenters. The van der Waals surface area contributed by atoms with E-state index in [4.69, 9.17) is 4.42 Å². The van der Waals surface area contributed by atoms with Gasteiger partial charge in [-0.1, -0.05) is 0 Å². The second-order valence-corrected chi connectivity index (χ2v) is 8.08. The third-order valence-corrected chi connectivity index (χ3v) is 5.89. The van der Waals surface area contributed by atoms with E-state index < -0.39 is 0 Å². The molecule has 1 aromatic heterocycles. The quantitative estimate of drug-likeness (QED) is 0.352.